The molecule has 0 aromatic heterocycles. The Morgan fingerprint density at radius 1 is 0.959 bits per heavy atom. The van der Waals surface area contributed by atoms with E-state index in [0.717, 1.165) is 5.57 Å². The Morgan fingerprint density at radius 3 is 2.14 bits per heavy atom. The maximum atomic E-state index is 14.7. The quantitative estimate of drug-likeness (QED) is 0.144. The summed E-state index contributed by atoms with van der Waals surface area (Å²) < 4.78 is 30.4. The molecule has 2 saturated carbocycles. The summed E-state index contributed by atoms with van der Waals surface area (Å²) in [6, 6.07) is 9.41. The van der Waals surface area contributed by atoms with E-state index in [1.54, 1.807) is 6.92 Å². The van der Waals surface area contributed by atoms with Crippen LogP contribution in [0.25, 0.3) is 0 Å². The highest BCUT2D eigenvalue weighted by molar-refractivity contribution is 6.17. The lowest BCUT2D eigenvalue weighted by Gasteiger charge is -2.66. The molecule has 1 aromatic carbocycles. The van der Waals surface area contributed by atoms with Crippen molar-refractivity contribution in [1.29, 1.82) is 0 Å². The second kappa shape index (κ2) is 10.8. The van der Waals surface area contributed by atoms with Gasteiger partial charge in [-0.2, -0.15) is 0 Å². The number of hydrogen-bond acceptors (Lipinski definition) is 9. The van der Waals surface area contributed by atoms with Gasteiger partial charge in [0, 0.05) is 40.8 Å². The predicted molar refractivity (Wildman–Crippen MR) is 181 cm³/mol. The minimum atomic E-state index is -1.67. The van der Waals surface area contributed by atoms with Gasteiger partial charge in [-0.05, 0) is 45.6 Å². The standard InChI is InChI=1S/C40H52O9/c1-22-20-26-36(8,39(32(43)46-11)29(41)23(2)30(45-10)37(22,39)9)21-25-28-35(6,7)27(18-19-38(26,28)31(42)48-25)49-33(44)40(47-12,34(3,4)5)24-16-14-13-15-17-24/h13-17,20,25-28H,18-19,21H2,1-12H3/t25-,26+,27+,28+,36-,37-,38+,39+,40-/m0/s1. The molecule has 1 aliphatic heterocycles. The second-order valence-corrected chi connectivity index (χ2v) is 17.0. The minimum absolute atomic E-state index is 0.248. The van der Waals surface area contributed by atoms with E-state index in [2.05, 4.69) is 6.08 Å². The van der Waals surface area contributed by atoms with E-state index in [1.807, 2.05) is 85.7 Å². The molecular weight excluding hydrogens is 624 g/mol. The lowest BCUT2D eigenvalue weighted by molar-refractivity contribution is -0.227. The van der Waals surface area contributed by atoms with Crippen molar-refractivity contribution in [2.24, 2.45) is 44.3 Å². The third kappa shape index (κ3) is 3.81. The van der Waals surface area contributed by atoms with Crippen molar-refractivity contribution < 1.29 is 42.9 Å². The van der Waals surface area contributed by atoms with Crippen LogP contribution in [0.1, 0.15) is 87.1 Å². The average Bonchev–Trinajstić information content (AvgIpc) is 3.38. The lowest BCUT2D eigenvalue weighted by atomic mass is 9.33. The summed E-state index contributed by atoms with van der Waals surface area (Å²) in [5.74, 6) is -2.23. The molecule has 0 N–H and O–H groups in total. The Morgan fingerprint density at radius 2 is 1.59 bits per heavy atom. The maximum absolute atomic E-state index is 14.7. The van der Waals surface area contributed by atoms with Crippen molar-refractivity contribution >= 4 is 23.7 Å². The van der Waals surface area contributed by atoms with E-state index < -0.39 is 68.2 Å². The normalized spacial score (nSPS) is 38.7. The van der Waals surface area contributed by atoms with Gasteiger partial charge in [0.05, 0.1) is 25.0 Å². The molecule has 0 unspecified atom stereocenters. The third-order valence-corrected chi connectivity index (χ3v) is 13.9. The van der Waals surface area contributed by atoms with Crippen LogP contribution in [0.3, 0.4) is 0 Å². The summed E-state index contributed by atoms with van der Waals surface area (Å²) in [7, 11) is 4.37. The Kier molecular flexibility index (Phi) is 7.77. The van der Waals surface area contributed by atoms with Crippen molar-refractivity contribution in [3.8, 4) is 0 Å². The number of hydrogen-bond donors (Lipinski definition) is 0. The van der Waals surface area contributed by atoms with Gasteiger partial charge in [-0.1, -0.05) is 83.5 Å². The third-order valence-electron chi connectivity index (χ3n) is 13.9. The number of Topliss-reactive ketones (excluding diaryl/α,β-unsaturated/α-hetero) is 1. The number of carbonyl (C=O) groups is 4. The number of ketones is 1. The minimum Gasteiger partial charge on any atom is -0.500 e. The van der Waals surface area contributed by atoms with Gasteiger partial charge in [0.1, 0.15) is 18.0 Å². The van der Waals surface area contributed by atoms with Crippen molar-refractivity contribution in [3.05, 3.63) is 58.9 Å². The molecule has 3 fully saturated rings. The van der Waals surface area contributed by atoms with E-state index >= 15 is 0 Å². The number of rotatable bonds is 6. The number of methoxy groups -OCH3 is 3. The summed E-state index contributed by atoms with van der Waals surface area (Å²) in [6.45, 7) is 17.4. The first kappa shape index (κ1) is 35.4. The van der Waals surface area contributed by atoms with E-state index in [-0.39, 0.29) is 24.1 Å². The first-order valence-electron chi connectivity index (χ1n) is 17.4. The summed E-state index contributed by atoms with van der Waals surface area (Å²) >= 11 is 0. The number of carbonyl (C=O) groups excluding carboxylic acids is 4. The number of benzene rings is 1. The zero-order valence-corrected chi connectivity index (χ0v) is 31.1. The number of ether oxygens (including phenoxy) is 5. The van der Waals surface area contributed by atoms with E-state index in [9.17, 15) is 19.2 Å². The molecule has 6 rings (SSSR count). The summed E-state index contributed by atoms with van der Waals surface area (Å²) in [6.07, 6.45) is 1.89. The van der Waals surface area contributed by atoms with Crippen LogP contribution < -0.4 is 0 Å². The summed E-state index contributed by atoms with van der Waals surface area (Å²) in [5.41, 5.74) is -5.84. The molecule has 1 heterocycles. The van der Waals surface area contributed by atoms with Gasteiger partial charge < -0.3 is 23.7 Å². The van der Waals surface area contributed by atoms with E-state index in [4.69, 9.17) is 23.7 Å². The first-order chi connectivity index (χ1) is 22.8. The van der Waals surface area contributed by atoms with Crippen LogP contribution in [0.2, 0.25) is 0 Å². The highest BCUT2D eigenvalue weighted by Gasteiger charge is 2.85. The highest BCUT2D eigenvalue weighted by Crippen LogP contribution is 2.79. The van der Waals surface area contributed by atoms with Gasteiger partial charge >= 0.3 is 17.9 Å². The number of allylic oxidation sites excluding steroid dienone is 3. The fourth-order valence-corrected chi connectivity index (χ4v) is 12.0. The fourth-order valence-electron chi connectivity index (χ4n) is 12.0. The molecule has 49 heavy (non-hydrogen) atoms. The number of esters is 3. The molecule has 9 atom stereocenters. The summed E-state index contributed by atoms with van der Waals surface area (Å²) in [4.78, 5) is 57.9. The maximum Gasteiger partial charge on any atom is 0.343 e. The first-order valence-corrected chi connectivity index (χ1v) is 17.4. The zero-order valence-electron chi connectivity index (χ0n) is 31.1. The van der Waals surface area contributed by atoms with Crippen LogP contribution in [0, 0.1) is 44.3 Å². The second-order valence-electron chi connectivity index (χ2n) is 17.0. The molecule has 2 bridgehead atoms. The van der Waals surface area contributed by atoms with Gasteiger partial charge in [0.2, 0.25) is 0 Å². The van der Waals surface area contributed by atoms with Crippen molar-refractivity contribution in [1.82, 2.24) is 0 Å². The Labute approximate surface area is 290 Å². The van der Waals surface area contributed by atoms with E-state index in [0.29, 0.717) is 29.7 Å². The van der Waals surface area contributed by atoms with Crippen LogP contribution >= 0.6 is 0 Å². The van der Waals surface area contributed by atoms with Crippen molar-refractivity contribution in [3.63, 3.8) is 0 Å². The molecule has 9 heteroatoms. The van der Waals surface area contributed by atoms with Gasteiger partial charge in [0.25, 0.3) is 0 Å². The lowest BCUT2D eigenvalue weighted by Crippen LogP contribution is -2.71. The smallest absolute Gasteiger partial charge is 0.343 e. The largest absolute Gasteiger partial charge is 0.500 e. The van der Waals surface area contributed by atoms with Crippen LogP contribution in [-0.2, 0) is 48.5 Å². The SMILES string of the molecule is COC(=O)[C@@]12C(=O)C(C)=C(OC)[C@]1(C)C(C)=C[C@H]1[C@]34CC[C@@H](OC(=O)[C@@](OC)(c5ccccc5)C(C)(C)C)C(C)(C)[C@H]3[C@H](C[C@@]12C)OC4=O. The predicted octanol–water partition coefficient (Wildman–Crippen LogP) is 6.49. The molecule has 9 nitrogen and oxygen atoms in total. The van der Waals surface area contributed by atoms with Gasteiger partial charge in [-0.15, -0.1) is 0 Å². The Bertz CT molecular complexity index is 1680. The fraction of sp³-hybridized carbons (Fsp3) is 0.650. The van der Waals surface area contributed by atoms with Crippen LogP contribution in [0.4, 0.5) is 0 Å². The van der Waals surface area contributed by atoms with Gasteiger partial charge in [0.15, 0.2) is 16.8 Å². The van der Waals surface area contributed by atoms with Crippen LogP contribution in [0.15, 0.2) is 53.3 Å². The average molecular weight is 677 g/mol. The molecule has 1 aromatic rings. The zero-order chi connectivity index (χ0) is 36.3. The van der Waals surface area contributed by atoms with Gasteiger partial charge in [-0.3, -0.25) is 14.4 Å². The molecule has 266 valence electrons. The van der Waals surface area contributed by atoms with Crippen LogP contribution in [0.5, 0.6) is 0 Å². The Hall–Kier alpha value is -3.46. The molecular formula is C40H52O9. The number of fused-ring (bicyclic) bond motifs is 3. The van der Waals surface area contributed by atoms with Crippen molar-refractivity contribution in [2.75, 3.05) is 21.3 Å². The molecule has 0 amide bonds. The molecule has 0 spiro atoms. The highest BCUT2D eigenvalue weighted by atomic mass is 16.6. The van der Waals surface area contributed by atoms with E-state index in [1.165, 1.54) is 21.3 Å². The topological polar surface area (TPSA) is 114 Å². The van der Waals surface area contributed by atoms with Crippen LogP contribution in [-0.4, -0.2) is 57.2 Å². The molecule has 0 radical (unpaired) electrons. The van der Waals surface area contributed by atoms with Crippen molar-refractivity contribution in [2.45, 2.75) is 99.4 Å². The van der Waals surface area contributed by atoms with Gasteiger partial charge in [-0.25, -0.2) is 4.79 Å². The summed E-state index contributed by atoms with van der Waals surface area (Å²) in [5, 5.41) is 0. The monoisotopic (exact) mass is 676 g/mol. The Balaban J connectivity index is 1.47. The molecule has 1 saturated heterocycles. The molecule has 5 aliphatic rings. The molecule has 4 aliphatic carbocycles.